The maximum Gasteiger partial charge on any atom is 0.227 e. The molecule has 2 heterocycles. The number of nitrogens with zero attached hydrogens (tertiary/aromatic N) is 1. The summed E-state index contributed by atoms with van der Waals surface area (Å²) in [6.45, 7) is 2.02. The first-order valence-electron chi connectivity index (χ1n) is 6.90. The van der Waals surface area contributed by atoms with Crippen LogP contribution in [0.3, 0.4) is 0 Å². The number of fused-ring (bicyclic) bond motifs is 1. The third-order valence-electron chi connectivity index (χ3n) is 3.86. The van der Waals surface area contributed by atoms with Crippen LogP contribution < -0.4 is 10.3 Å². The van der Waals surface area contributed by atoms with Gasteiger partial charge in [-0.25, -0.2) is 0 Å². The van der Waals surface area contributed by atoms with Crippen LogP contribution in [0.2, 0.25) is 0 Å². The van der Waals surface area contributed by atoms with E-state index in [0.717, 1.165) is 18.2 Å². The Morgan fingerprint density at radius 3 is 2.90 bits per heavy atom. The zero-order valence-electron chi connectivity index (χ0n) is 11.7. The summed E-state index contributed by atoms with van der Waals surface area (Å²) >= 11 is 0. The van der Waals surface area contributed by atoms with Crippen LogP contribution in [0.15, 0.2) is 39.5 Å². The van der Waals surface area contributed by atoms with Gasteiger partial charge in [-0.1, -0.05) is 18.2 Å². The summed E-state index contributed by atoms with van der Waals surface area (Å²) in [5.41, 5.74) is 1.80. The molecular weight excluding hydrogens is 270 g/mol. The van der Waals surface area contributed by atoms with Crippen molar-refractivity contribution in [1.29, 1.82) is 0 Å². The molecule has 1 aliphatic rings. The highest BCUT2D eigenvalue weighted by atomic mass is 16.4. The molecule has 0 bridgehead atoms. The van der Waals surface area contributed by atoms with Crippen LogP contribution in [0.25, 0.3) is 0 Å². The highest BCUT2D eigenvalue weighted by Crippen LogP contribution is 2.33. The van der Waals surface area contributed by atoms with E-state index in [2.05, 4.69) is 17.9 Å². The average Bonchev–Trinajstić information content (AvgIpc) is 2.79. The summed E-state index contributed by atoms with van der Waals surface area (Å²) < 4.78 is 5.42. The van der Waals surface area contributed by atoms with Crippen LogP contribution in [0.1, 0.15) is 24.0 Å². The molecule has 0 spiro atoms. The van der Waals surface area contributed by atoms with E-state index >= 15 is 0 Å². The molecule has 2 N–H and O–H groups in total. The van der Waals surface area contributed by atoms with Gasteiger partial charge in [-0.2, -0.15) is 0 Å². The molecule has 3 rings (SSSR count). The summed E-state index contributed by atoms with van der Waals surface area (Å²) in [5.74, 6) is -0.0354. The van der Waals surface area contributed by atoms with E-state index in [-0.39, 0.29) is 29.9 Å². The molecule has 1 aliphatic heterocycles. The quantitative estimate of drug-likeness (QED) is 0.900. The standard InChI is InChI=1S/C16H17NO4/c1-10-6-11-4-2-3-5-13(11)17(10)8-15-16(20)14(19)7-12(9-18)21-15/h2-5,7,10,18,20H,6,8-9H2,1H3/t10-/m0/s1. The Morgan fingerprint density at radius 2 is 2.14 bits per heavy atom. The van der Waals surface area contributed by atoms with Crippen molar-refractivity contribution in [2.75, 3.05) is 4.90 Å². The van der Waals surface area contributed by atoms with Gasteiger partial charge in [-0.15, -0.1) is 0 Å². The fourth-order valence-corrected chi connectivity index (χ4v) is 2.80. The molecule has 0 radical (unpaired) electrons. The first-order valence-corrected chi connectivity index (χ1v) is 6.90. The second-order valence-electron chi connectivity index (χ2n) is 5.32. The Bertz CT molecular complexity index is 722. The lowest BCUT2D eigenvalue weighted by Crippen LogP contribution is -2.29. The SMILES string of the molecule is C[C@H]1Cc2ccccc2N1Cc1oc(CO)cc(=O)c1O. The van der Waals surface area contributed by atoms with Crippen molar-refractivity contribution in [3.8, 4) is 5.75 Å². The molecule has 0 saturated heterocycles. The Labute approximate surface area is 122 Å². The predicted octanol–water partition coefficient (Wildman–Crippen LogP) is 1.79. The summed E-state index contributed by atoms with van der Waals surface area (Å²) in [6, 6.07) is 9.42. The molecule has 1 aromatic heterocycles. The van der Waals surface area contributed by atoms with Crippen LogP contribution >= 0.6 is 0 Å². The lowest BCUT2D eigenvalue weighted by atomic mass is 10.1. The maximum absolute atomic E-state index is 11.7. The van der Waals surface area contributed by atoms with Crippen LogP contribution in [-0.2, 0) is 19.6 Å². The van der Waals surface area contributed by atoms with Crippen LogP contribution in [-0.4, -0.2) is 16.3 Å². The van der Waals surface area contributed by atoms with Crippen LogP contribution in [0.5, 0.6) is 5.75 Å². The van der Waals surface area contributed by atoms with Crippen molar-refractivity contribution in [2.24, 2.45) is 0 Å². The molecule has 110 valence electrons. The molecule has 1 atom stereocenters. The van der Waals surface area contributed by atoms with Crippen molar-refractivity contribution >= 4 is 5.69 Å². The summed E-state index contributed by atoms with van der Waals surface area (Å²) in [6.07, 6.45) is 0.918. The largest absolute Gasteiger partial charge is 0.502 e. The minimum atomic E-state index is -0.527. The molecule has 5 nitrogen and oxygen atoms in total. The van der Waals surface area contributed by atoms with Crippen molar-refractivity contribution in [1.82, 2.24) is 0 Å². The first kappa shape index (κ1) is 13.7. The lowest BCUT2D eigenvalue weighted by molar-refractivity contribution is 0.235. The second-order valence-corrected chi connectivity index (χ2v) is 5.32. The second kappa shape index (κ2) is 5.26. The van der Waals surface area contributed by atoms with E-state index in [1.54, 1.807) is 0 Å². The highest BCUT2D eigenvalue weighted by Gasteiger charge is 2.27. The molecular formula is C16H17NO4. The summed E-state index contributed by atoms with van der Waals surface area (Å²) in [5, 5.41) is 19.0. The van der Waals surface area contributed by atoms with E-state index in [1.165, 1.54) is 5.56 Å². The van der Waals surface area contributed by atoms with Gasteiger partial charge in [-0.05, 0) is 25.0 Å². The fraction of sp³-hybridized carbons (Fsp3) is 0.312. The number of hydrogen-bond acceptors (Lipinski definition) is 5. The number of aliphatic hydroxyl groups is 1. The van der Waals surface area contributed by atoms with E-state index in [4.69, 9.17) is 9.52 Å². The number of aromatic hydroxyl groups is 1. The zero-order valence-corrected chi connectivity index (χ0v) is 11.7. The van der Waals surface area contributed by atoms with Gasteiger partial charge in [0.15, 0.2) is 5.76 Å². The fourth-order valence-electron chi connectivity index (χ4n) is 2.80. The molecule has 0 aliphatic carbocycles. The molecule has 0 amide bonds. The van der Waals surface area contributed by atoms with Gasteiger partial charge in [0.25, 0.3) is 0 Å². The maximum atomic E-state index is 11.7. The van der Waals surface area contributed by atoms with Gasteiger partial charge < -0.3 is 19.5 Å². The smallest absolute Gasteiger partial charge is 0.227 e. The van der Waals surface area contributed by atoms with E-state index < -0.39 is 5.43 Å². The molecule has 1 aromatic carbocycles. The third-order valence-corrected chi connectivity index (χ3v) is 3.86. The molecule has 5 heteroatoms. The molecule has 21 heavy (non-hydrogen) atoms. The number of benzene rings is 1. The van der Waals surface area contributed by atoms with Crippen molar-refractivity contribution in [3.05, 3.63) is 57.6 Å². The van der Waals surface area contributed by atoms with Crippen molar-refractivity contribution < 1.29 is 14.6 Å². The number of rotatable bonds is 3. The molecule has 0 fully saturated rings. The van der Waals surface area contributed by atoms with E-state index in [9.17, 15) is 9.90 Å². The Kier molecular flexibility index (Phi) is 3.43. The zero-order chi connectivity index (χ0) is 15.0. The molecule has 0 saturated carbocycles. The van der Waals surface area contributed by atoms with Gasteiger partial charge >= 0.3 is 0 Å². The molecule has 2 aromatic rings. The van der Waals surface area contributed by atoms with Gasteiger partial charge in [0, 0.05) is 17.8 Å². The van der Waals surface area contributed by atoms with Crippen molar-refractivity contribution in [2.45, 2.75) is 32.5 Å². The van der Waals surface area contributed by atoms with Gasteiger partial charge in [0.1, 0.15) is 12.4 Å². The summed E-state index contributed by atoms with van der Waals surface area (Å²) in [4.78, 5) is 13.8. The van der Waals surface area contributed by atoms with Gasteiger partial charge in [-0.3, -0.25) is 4.79 Å². The van der Waals surface area contributed by atoms with Gasteiger partial charge in [0.05, 0.1) is 6.54 Å². The topological polar surface area (TPSA) is 73.9 Å². The van der Waals surface area contributed by atoms with Gasteiger partial charge in [0.2, 0.25) is 11.2 Å². The lowest BCUT2D eigenvalue weighted by Gasteiger charge is -2.24. The average molecular weight is 287 g/mol. The van der Waals surface area contributed by atoms with E-state index in [0.29, 0.717) is 6.54 Å². The highest BCUT2D eigenvalue weighted by molar-refractivity contribution is 5.59. The predicted molar refractivity (Wildman–Crippen MR) is 78.4 cm³/mol. The minimum absolute atomic E-state index is 0.160. The third kappa shape index (κ3) is 2.40. The Balaban J connectivity index is 1.98. The normalized spacial score (nSPS) is 17.0. The molecule has 0 unspecified atom stereocenters. The number of hydrogen-bond donors (Lipinski definition) is 2. The van der Waals surface area contributed by atoms with Crippen LogP contribution in [0, 0.1) is 0 Å². The Morgan fingerprint density at radius 1 is 1.38 bits per heavy atom. The Hall–Kier alpha value is -2.27. The van der Waals surface area contributed by atoms with E-state index in [1.807, 2.05) is 18.2 Å². The monoisotopic (exact) mass is 287 g/mol. The van der Waals surface area contributed by atoms with Crippen LogP contribution in [0.4, 0.5) is 5.69 Å². The number of para-hydroxylation sites is 1. The number of aliphatic hydroxyl groups excluding tert-OH is 1. The first-order chi connectivity index (χ1) is 10.1. The number of anilines is 1. The minimum Gasteiger partial charge on any atom is -0.502 e. The van der Waals surface area contributed by atoms with Crippen molar-refractivity contribution in [3.63, 3.8) is 0 Å². The summed E-state index contributed by atoms with van der Waals surface area (Å²) in [7, 11) is 0.